The summed E-state index contributed by atoms with van der Waals surface area (Å²) in [7, 11) is 0. The maximum absolute atomic E-state index is 9.82. The van der Waals surface area contributed by atoms with E-state index in [9.17, 15) is 5.11 Å². The lowest BCUT2D eigenvalue weighted by molar-refractivity contribution is 0.145. The smallest absolute Gasteiger partial charge is 0.0854 e. The molecular weight excluding hydrogens is 432 g/mol. The molecule has 4 aromatic rings. The van der Waals surface area contributed by atoms with Crippen LogP contribution in [0, 0.1) is 0 Å². The van der Waals surface area contributed by atoms with E-state index in [-0.39, 0.29) is 6.10 Å². The molecule has 172 valence electrons. The van der Waals surface area contributed by atoms with Crippen LogP contribution in [0.15, 0.2) is 82.9 Å². The van der Waals surface area contributed by atoms with E-state index in [2.05, 4.69) is 70.5 Å². The molecule has 0 spiro atoms. The van der Waals surface area contributed by atoms with Gasteiger partial charge >= 0.3 is 0 Å². The van der Waals surface area contributed by atoms with Crippen LogP contribution in [0.2, 0.25) is 0 Å². The third kappa shape index (κ3) is 3.72. The van der Waals surface area contributed by atoms with Crippen molar-refractivity contribution >= 4 is 39.3 Å². The number of aliphatic imine (C=N–C) groups is 2. The van der Waals surface area contributed by atoms with Gasteiger partial charge in [-0.05, 0) is 71.3 Å². The van der Waals surface area contributed by atoms with Crippen LogP contribution in [0.4, 0.5) is 17.1 Å². The second-order valence-electron chi connectivity index (χ2n) is 9.76. The molecule has 3 aliphatic heterocycles. The molecule has 1 fully saturated rings. The van der Waals surface area contributed by atoms with Gasteiger partial charge in [0, 0.05) is 43.2 Å². The minimum Gasteiger partial charge on any atom is -0.393 e. The van der Waals surface area contributed by atoms with Crippen molar-refractivity contribution in [2.45, 2.75) is 31.8 Å². The van der Waals surface area contributed by atoms with Gasteiger partial charge in [-0.2, -0.15) is 0 Å². The van der Waals surface area contributed by atoms with Gasteiger partial charge in [-0.15, -0.1) is 0 Å². The second-order valence-corrected chi connectivity index (χ2v) is 9.76. The first kappa shape index (κ1) is 20.5. The minimum absolute atomic E-state index is 0.156. The molecule has 0 atom stereocenters. The lowest BCUT2D eigenvalue weighted by Crippen LogP contribution is -2.35. The fourth-order valence-electron chi connectivity index (χ4n) is 5.45. The van der Waals surface area contributed by atoms with E-state index in [0.717, 1.165) is 72.7 Å². The number of anilines is 1. The molecule has 0 aliphatic carbocycles. The Balaban J connectivity index is 1.10. The second kappa shape index (κ2) is 8.14. The number of aliphatic hydroxyl groups excluding tert-OH is 1. The summed E-state index contributed by atoms with van der Waals surface area (Å²) in [6.07, 6.45) is 5.10. The Morgan fingerprint density at radius 1 is 0.743 bits per heavy atom. The summed E-state index contributed by atoms with van der Waals surface area (Å²) in [4.78, 5) is 16.9. The van der Waals surface area contributed by atoms with Crippen molar-refractivity contribution in [3.05, 3.63) is 95.3 Å². The van der Waals surface area contributed by atoms with Gasteiger partial charge in [0.25, 0.3) is 0 Å². The highest BCUT2D eigenvalue weighted by molar-refractivity contribution is 6.09. The Morgan fingerprint density at radius 3 is 2.31 bits per heavy atom. The van der Waals surface area contributed by atoms with E-state index in [1.54, 1.807) is 0 Å². The number of pyridine rings is 1. The van der Waals surface area contributed by atoms with Crippen LogP contribution in [-0.2, 0) is 12.8 Å². The quantitative estimate of drug-likeness (QED) is 0.438. The summed E-state index contributed by atoms with van der Waals surface area (Å²) >= 11 is 0. The van der Waals surface area contributed by atoms with Crippen molar-refractivity contribution in [2.75, 3.05) is 18.0 Å². The fourth-order valence-corrected chi connectivity index (χ4v) is 5.45. The SMILES string of the molecule is OC1CCN(c2ccc3c(c2)CC(c2ccc4c(c2)CC(c2cc5ccccc5cn2)=N4)=N3)CC1. The highest BCUT2D eigenvalue weighted by Gasteiger charge is 2.23. The van der Waals surface area contributed by atoms with Crippen LogP contribution in [-0.4, -0.2) is 40.7 Å². The van der Waals surface area contributed by atoms with Crippen molar-refractivity contribution in [3.63, 3.8) is 0 Å². The average Bonchev–Trinajstić information content (AvgIpc) is 3.52. The van der Waals surface area contributed by atoms with Crippen molar-refractivity contribution in [1.82, 2.24) is 4.98 Å². The molecule has 35 heavy (non-hydrogen) atoms. The Kier molecular flexibility index (Phi) is 4.77. The molecule has 4 heterocycles. The molecule has 0 amide bonds. The predicted octanol–water partition coefficient (Wildman–Crippen LogP) is 5.55. The molecule has 3 aromatic carbocycles. The molecule has 3 aliphatic rings. The van der Waals surface area contributed by atoms with Crippen molar-refractivity contribution < 1.29 is 5.11 Å². The molecule has 1 saturated heterocycles. The maximum atomic E-state index is 9.82. The molecule has 0 radical (unpaired) electrons. The Bertz CT molecular complexity index is 1530. The fraction of sp³-hybridized carbons (Fsp3) is 0.233. The number of aliphatic hydroxyl groups is 1. The average molecular weight is 459 g/mol. The number of fused-ring (bicyclic) bond motifs is 3. The highest BCUT2D eigenvalue weighted by atomic mass is 16.3. The maximum Gasteiger partial charge on any atom is 0.0854 e. The number of hydrogen-bond donors (Lipinski definition) is 1. The normalized spacial score (nSPS) is 17.3. The minimum atomic E-state index is -0.156. The van der Waals surface area contributed by atoms with E-state index in [1.165, 1.54) is 27.8 Å². The summed E-state index contributed by atoms with van der Waals surface area (Å²) in [5.74, 6) is 0. The van der Waals surface area contributed by atoms with Gasteiger partial charge in [-0.1, -0.05) is 30.3 Å². The first-order valence-corrected chi connectivity index (χ1v) is 12.4. The zero-order chi connectivity index (χ0) is 23.4. The first-order chi connectivity index (χ1) is 17.2. The monoisotopic (exact) mass is 458 g/mol. The summed E-state index contributed by atoms with van der Waals surface area (Å²) in [6, 6.07) is 23.6. The standard InChI is InChI=1S/C30H26N4O/c35-25-9-11-34(12-10-25)24-6-8-27-23(14-24)16-28(32-27)20-5-7-26-22(13-20)17-30(33-26)29-15-19-3-1-2-4-21(19)18-31-29/h1-8,13-15,18,25,35H,9-12,16-17H2. The topological polar surface area (TPSA) is 61.1 Å². The van der Waals surface area contributed by atoms with Gasteiger partial charge in [0.1, 0.15) is 0 Å². The third-order valence-electron chi connectivity index (χ3n) is 7.46. The van der Waals surface area contributed by atoms with E-state index >= 15 is 0 Å². The zero-order valence-corrected chi connectivity index (χ0v) is 19.5. The van der Waals surface area contributed by atoms with Crippen LogP contribution in [0.5, 0.6) is 0 Å². The van der Waals surface area contributed by atoms with Crippen molar-refractivity contribution in [3.8, 4) is 0 Å². The van der Waals surface area contributed by atoms with Gasteiger partial charge in [0.15, 0.2) is 0 Å². The molecule has 5 nitrogen and oxygen atoms in total. The summed E-state index contributed by atoms with van der Waals surface area (Å²) in [5, 5.41) is 12.2. The molecule has 0 bridgehead atoms. The third-order valence-corrected chi connectivity index (χ3v) is 7.46. The summed E-state index contributed by atoms with van der Waals surface area (Å²) in [6.45, 7) is 1.82. The van der Waals surface area contributed by atoms with Gasteiger partial charge < -0.3 is 10.0 Å². The van der Waals surface area contributed by atoms with Gasteiger partial charge in [-0.3, -0.25) is 15.0 Å². The van der Waals surface area contributed by atoms with Crippen LogP contribution in [0.25, 0.3) is 10.8 Å². The zero-order valence-electron chi connectivity index (χ0n) is 19.5. The number of piperidine rings is 1. The van der Waals surface area contributed by atoms with E-state index in [4.69, 9.17) is 9.98 Å². The van der Waals surface area contributed by atoms with Crippen LogP contribution in [0.3, 0.4) is 0 Å². The summed E-state index contributed by atoms with van der Waals surface area (Å²) in [5.41, 5.74) is 10.1. The number of aromatic nitrogens is 1. The first-order valence-electron chi connectivity index (χ1n) is 12.4. The molecule has 0 unspecified atom stereocenters. The number of hydrogen-bond acceptors (Lipinski definition) is 5. The number of benzene rings is 3. The summed E-state index contributed by atoms with van der Waals surface area (Å²) < 4.78 is 0. The predicted molar refractivity (Wildman–Crippen MR) is 142 cm³/mol. The molecule has 0 saturated carbocycles. The van der Waals surface area contributed by atoms with E-state index < -0.39 is 0 Å². The van der Waals surface area contributed by atoms with Crippen LogP contribution in [0.1, 0.15) is 35.2 Å². The molecule has 1 aromatic heterocycles. The molecule has 1 N–H and O–H groups in total. The molecule has 5 heteroatoms. The van der Waals surface area contributed by atoms with Gasteiger partial charge in [0.05, 0.1) is 34.6 Å². The van der Waals surface area contributed by atoms with Gasteiger partial charge in [-0.25, -0.2) is 0 Å². The molecule has 7 rings (SSSR count). The number of nitrogens with zero attached hydrogens (tertiary/aromatic N) is 4. The van der Waals surface area contributed by atoms with Gasteiger partial charge in [0.2, 0.25) is 0 Å². The highest BCUT2D eigenvalue weighted by Crippen LogP contribution is 2.35. The molecular formula is C30H26N4O. The Labute approximate surface area is 204 Å². The van der Waals surface area contributed by atoms with Crippen molar-refractivity contribution in [1.29, 1.82) is 0 Å². The number of rotatable bonds is 3. The Hall–Kier alpha value is -3.83. The van der Waals surface area contributed by atoms with Crippen LogP contribution >= 0.6 is 0 Å². The van der Waals surface area contributed by atoms with E-state index in [0.29, 0.717) is 0 Å². The van der Waals surface area contributed by atoms with E-state index in [1.807, 2.05) is 12.3 Å². The van der Waals surface area contributed by atoms with Crippen LogP contribution < -0.4 is 4.90 Å². The lowest BCUT2D eigenvalue weighted by Gasteiger charge is -2.31. The largest absolute Gasteiger partial charge is 0.393 e. The lowest BCUT2D eigenvalue weighted by atomic mass is 9.99. The van der Waals surface area contributed by atoms with Crippen molar-refractivity contribution in [2.24, 2.45) is 9.98 Å². The Morgan fingerprint density at radius 2 is 1.46 bits per heavy atom.